The van der Waals surface area contributed by atoms with Crippen LogP contribution in [0.3, 0.4) is 0 Å². The molecule has 0 bridgehead atoms. The van der Waals surface area contributed by atoms with Crippen LogP contribution < -0.4 is 0 Å². The third-order valence-electron chi connectivity index (χ3n) is 8.97. The minimum atomic E-state index is -1.25. The molecule has 5 heterocycles. The van der Waals surface area contributed by atoms with E-state index in [9.17, 15) is 30.0 Å². The monoisotopic (exact) mass is 680 g/mol. The largest absolute Gasteiger partial charge is 0.388 e. The van der Waals surface area contributed by atoms with E-state index in [-0.39, 0.29) is 50.5 Å². The first kappa shape index (κ1) is 36.4. The minimum absolute atomic E-state index is 0.0548. The second-order valence-corrected chi connectivity index (χ2v) is 13.6. The molecule has 4 N–H and O–H groups in total. The van der Waals surface area contributed by atoms with Gasteiger partial charge in [0, 0.05) is 30.6 Å². The molecule has 47 heavy (non-hydrogen) atoms. The standard InChI is InChI=1S/C34H48O12S/c1-3-7-27-41-17-24-33(45-27)31(39)29(37)22(43-24)15-20(35)10-5-9-19-13-14-47-26(19)12-6-11-21(36)16-23-30(38)32(40)34-25(44-23)18-42-28(46-34)8-4-2/h5-6,9,12-14,22-25,27-34,37-40H,3-4,7-8,10-11,15-18H2,1-2H3/b9-5+,12-6+/t22-,23-,24+,25+,27?,28?,29-,30-,31+,32+,33+,34+/m0/s1. The van der Waals surface area contributed by atoms with Crippen molar-refractivity contribution in [3.05, 3.63) is 34.0 Å². The molecule has 12 nitrogen and oxygen atoms in total. The van der Waals surface area contributed by atoms with Crippen LogP contribution in [-0.2, 0) is 38.0 Å². The van der Waals surface area contributed by atoms with Crippen molar-refractivity contribution in [2.45, 2.75) is 139 Å². The molecule has 262 valence electrons. The van der Waals surface area contributed by atoms with Gasteiger partial charge >= 0.3 is 0 Å². The molecule has 0 spiro atoms. The zero-order valence-corrected chi connectivity index (χ0v) is 27.7. The molecule has 13 heteroatoms. The predicted molar refractivity (Wildman–Crippen MR) is 171 cm³/mol. The number of aliphatic hydroxyl groups excluding tert-OH is 4. The number of carbonyl (C=O) groups is 2. The minimum Gasteiger partial charge on any atom is -0.388 e. The van der Waals surface area contributed by atoms with E-state index in [4.69, 9.17) is 28.4 Å². The number of hydrogen-bond donors (Lipinski definition) is 4. The Morgan fingerprint density at radius 2 is 1.23 bits per heavy atom. The third-order valence-corrected chi connectivity index (χ3v) is 9.87. The van der Waals surface area contributed by atoms with Gasteiger partial charge in [0.15, 0.2) is 12.6 Å². The number of hydrogen-bond acceptors (Lipinski definition) is 13. The van der Waals surface area contributed by atoms with Gasteiger partial charge in [-0.15, -0.1) is 11.3 Å². The fraction of sp³-hybridized carbons (Fsp3) is 0.706. The van der Waals surface area contributed by atoms with Gasteiger partial charge in [0.05, 0.1) is 25.4 Å². The molecule has 0 aromatic carbocycles. The van der Waals surface area contributed by atoms with E-state index < -0.39 is 73.6 Å². The number of ketones is 2. The highest BCUT2D eigenvalue weighted by Gasteiger charge is 2.50. The molecule has 1 aromatic rings. The summed E-state index contributed by atoms with van der Waals surface area (Å²) in [6, 6.07) is 1.91. The summed E-state index contributed by atoms with van der Waals surface area (Å²) in [7, 11) is 0. The molecular weight excluding hydrogens is 632 g/mol. The molecule has 12 atom stereocenters. The zero-order chi connectivity index (χ0) is 33.5. The maximum Gasteiger partial charge on any atom is 0.158 e. The topological polar surface area (TPSA) is 170 Å². The van der Waals surface area contributed by atoms with Gasteiger partial charge < -0.3 is 48.8 Å². The van der Waals surface area contributed by atoms with E-state index in [1.807, 2.05) is 37.4 Å². The average molecular weight is 681 g/mol. The molecule has 4 aliphatic heterocycles. The van der Waals surface area contributed by atoms with Crippen LogP contribution in [0, 0.1) is 0 Å². The number of allylic oxidation sites excluding steroid dienone is 2. The van der Waals surface area contributed by atoms with Gasteiger partial charge in [0.25, 0.3) is 0 Å². The smallest absolute Gasteiger partial charge is 0.158 e. The van der Waals surface area contributed by atoms with Crippen LogP contribution in [0.15, 0.2) is 23.6 Å². The normalized spacial score (nSPS) is 37.6. The summed E-state index contributed by atoms with van der Waals surface area (Å²) < 4.78 is 34.7. The van der Waals surface area contributed by atoms with Crippen molar-refractivity contribution in [3.8, 4) is 0 Å². The molecule has 5 rings (SSSR count). The summed E-state index contributed by atoms with van der Waals surface area (Å²) in [5.74, 6) is -0.293. The molecule has 4 aliphatic rings. The summed E-state index contributed by atoms with van der Waals surface area (Å²) in [6.07, 6.45) is 0.435. The molecule has 2 unspecified atom stereocenters. The lowest BCUT2D eigenvalue weighted by atomic mass is 9.91. The molecule has 4 fully saturated rings. The molecule has 1 aromatic heterocycles. The Hall–Kier alpha value is -1.88. The van der Waals surface area contributed by atoms with E-state index in [0.717, 1.165) is 23.3 Å². The molecule has 4 saturated heterocycles. The van der Waals surface area contributed by atoms with Crippen LogP contribution in [0.25, 0.3) is 12.2 Å². The van der Waals surface area contributed by atoms with Crippen molar-refractivity contribution >= 4 is 35.1 Å². The van der Waals surface area contributed by atoms with Gasteiger partial charge in [-0.2, -0.15) is 0 Å². The molecule has 0 aliphatic carbocycles. The first-order valence-corrected chi connectivity index (χ1v) is 17.6. The van der Waals surface area contributed by atoms with Crippen LogP contribution in [0.2, 0.25) is 0 Å². The maximum absolute atomic E-state index is 12.8. The van der Waals surface area contributed by atoms with Gasteiger partial charge in [0.2, 0.25) is 0 Å². The summed E-state index contributed by atoms with van der Waals surface area (Å²) >= 11 is 1.49. The third kappa shape index (κ3) is 9.22. The number of thiophene rings is 1. The lowest BCUT2D eigenvalue weighted by Gasteiger charge is -2.46. The number of aliphatic hydroxyl groups is 4. The predicted octanol–water partition coefficient (Wildman–Crippen LogP) is 2.53. The van der Waals surface area contributed by atoms with Crippen LogP contribution in [0.4, 0.5) is 0 Å². The molecular formula is C34H48O12S. The number of rotatable bonds is 14. The van der Waals surface area contributed by atoms with Crippen molar-refractivity contribution in [2.75, 3.05) is 13.2 Å². The molecule has 0 amide bonds. The fourth-order valence-corrected chi connectivity index (χ4v) is 7.23. The van der Waals surface area contributed by atoms with Crippen LogP contribution in [0.5, 0.6) is 0 Å². The second-order valence-electron chi connectivity index (χ2n) is 12.6. The summed E-state index contributed by atoms with van der Waals surface area (Å²) in [5.41, 5.74) is 0.885. The first-order chi connectivity index (χ1) is 22.7. The van der Waals surface area contributed by atoms with Crippen molar-refractivity contribution in [1.29, 1.82) is 0 Å². The van der Waals surface area contributed by atoms with Gasteiger partial charge in [-0.3, -0.25) is 9.59 Å². The highest BCUT2D eigenvalue weighted by molar-refractivity contribution is 7.11. The fourth-order valence-electron chi connectivity index (χ4n) is 6.42. The number of ether oxygens (including phenoxy) is 6. The van der Waals surface area contributed by atoms with Crippen molar-refractivity contribution in [2.24, 2.45) is 0 Å². The number of carbonyl (C=O) groups excluding carboxylic acids is 2. The first-order valence-electron chi connectivity index (χ1n) is 16.7. The number of fused-ring (bicyclic) bond motifs is 2. The summed E-state index contributed by atoms with van der Waals surface area (Å²) in [4.78, 5) is 26.4. The maximum atomic E-state index is 12.8. The van der Waals surface area contributed by atoms with Crippen LogP contribution in [0.1, 0.15) is 75.7 Å². The van der Waals surface area contributed by atoms with E-state index in [0.29, 0.717) is 12.8 Å². The Morgan fingerprint density at radius 1 is 0.745 bits per heavy atom. The Bertz CT molecular complexity index is 1140. The second kappa shape index (κ2) is 17.2. The SMILES string of the molecule is CCCC1OC[C@H]2O[C@@H](CC(=O)C/C=C/c3ccsc3/C=C/CC(=O)C[C@@H]3O[C@@H]4COC(CCC)O[C@H]4[C@H](O)[C@H]3O)[C@H](O)[C@@H](O)[C@@H]2O1. The Labute approximate surface area is 279 Å². The van der Waals surface area contributed by atoms with Gasteiger partial charge in [-0.25, -0.2) is 0 Å². The van der Waals surface area contributed by atoms with E-state index in [1.165, 1.54) is 11.3 Å². The Kier molecular flexibility index (Phi) is 13.3. The van der Waals surface area contributed by atoms with E-state index >= 15 is 0 Å². The van der Waals surface area contributed by atoms with Gasteiger partial charge in [0.1, 0.15) is 60.4 Å². The summed E-state index contributed by atoms with van der Waals surface area (Å²) in [5, 5.41) is 44.5. The molecule has 0 radical (unpaired) electrons. The van der Waals surface area contributed by atoms with Gasteiger partial charge in [-0.05, 0) is 35.9 Å². The summed E-state index contributed by atoms with van der Waals surface area (Å²) in [6.45, 7) is 4.47. The lowest BCUT2D eigenvalue weighted by molar-refractivity contribution is -0.325. The zero-order valence-electron chi connectivity index (χ0n) is 26.9. The van der Waals surface area contributed by atoms with E-state index in [2.05, 4.69) is 0 Å². The van der Waals surface area contributed by atoms with Crippen molar-refractivity contribution < 1.29 is 58.4 Å². The number of Topliss-reactive ketones (excluding diaryl/α,β-unsaturated/α-hetero) is 2. The highest BCUT2D eigenvalue weighted by Crippen LogP contribution is 2.32. The van der Waals surface area contributed by atoms with Crippen molar-refractivity contribution in [1.82, 2.24) is 0 Å². The van der Waals surface area contributed by atoms with Crippen LogP contribution in [-0.4, -0.2) is 119 Å². The molecule has 0 saturated carbocycles. The average Bonchev–Trinajstić information content (AvgIpc) is 3.50. The Balaban J connectivity index is 1.06. The van der Waals surface area contributed by atoms with Crippen LogP contribution >= 0.6 is 11.3 Å². The van der Waals surface area contributed by atoms with E-state index in [1.54, 1.807) is 12.2 Å². The van der Waals surface area contributed by atoms with Crippen molar-refractivity contribution in [3.63, 3.8) is 0 Å². The Morgan fingerprint density at radius 3 is 1.72 bits per heavy atom. The van der Waals surface area contributed by atoms with Gasteiger partial charge in [-0.1, -0.05) is 44.9 Å². The highest BCUT2D eigenvalue weighted by atomic mass is 32.1. The lowest BCUT2D eigenvalue weighted by Crippen LogP contribution is -2.62. The quantitative estimate of drug-likeness (QED) is 0.227.